The predicted octanol–water partition coefficient (Wildman–Crippen LogP) is 7.80. The van der Waals surface area contributed by atoms with Crippen molar-refractivity contribution < 1.29 is 20.1 Å². The standard InChI is InChI=1S/C40H28N2O4/c43-35-25-31(41(27-13-5-1-6-14-27)28-15-7-2-8-16-28)21-23-33(35)37-39(45)38(40(37)46)34-24-22-32(26-36(34)44)42(29-17-9-3-10-18-29)30-19-11-4-12-20-30/h1-26H,(H2,43,44,45,46). The van der Waals surface area contributed by atoms with Crippen molar-refractivity contribution in [2.45, 2.75) is 0 Å². The van der Waals surface area contributed by atoms with Crippen molar-refractivity contribution >= 4 is 45.5 Å². The molecule has 0 amide bonds. The normalized spacial score (nSPS) is 15.8. The topological polar surface area (TPSA) is 86.8 Å². The molecule has 6 heteroatoms. The van der Waals surface area contributed by atoms with E-state index in [2.05, 4.69) is 0 Å². The van der Waals surface area contributed by atoms with Gasteiger partial charge in [-0.1, -0.05) is 78.6 Å². The second-order valence-electron chi connectivity index (χ2n) is 10.8. The number of aromatic hydroxyl groups is 1. The second kappa shape index (κ2) is 11.9. The van der Waals surface area contributed by atoms with Crippen LogP contribution < -0.4 is 14.6 Å². The highest BCUT2D eigenvalue weighted by molar-refractivity contribution is 6.39. The summed E-state index contributed by atoms with van der Waals surface area (Å²) in [6.45, 7) is 0. The summed E-state index contributed by atoms with van der Waals surface area (Å²) >= 11 is 0. The maximum Gasteiger partial charge on any atom is 0.215 e. The van der Waals surface area contributed by atoms with Crippen LogP contribution in [0.15, 0.2) is 180 Å². The monoisotopic (exact) mass is 600 g/mol. The molecule has 46 heavy (non-hydrogen) atoms. The summed E-state index contributed by atoms with van der Waals surface area (Å²) in [6.07, 6.45) is 4.91. The Kier molecular flexibility index (Phi) is 7.37. The summed E-state index contributed by atoms with van der Waals surface area (Å²) in [6, 6.07) is 43.8. The molecule has 0 aromatic heterocycles. The second-order valence-corrected chi connectivity index (χ2v) is 10.8. The first-order valence-electron chi connectivity index (χ1n) is 14.8. The molecule has 0 aliphatic heterocycles. The third-order valence-corrected chi connectivity index (χ3v) is 7.98. The van der Waals surface area contributed by atoms with Crippen LogP contribution in [0.2, 0.25) is 0 Å². The molecule has 5 aromatic carbocycles. The van der Waals surface area contributed by atoms with Gasteiger partial charge in [-0.05, 0) is 42.5 Å². The quantitative estimate of drug-likeness (QED) is 0.153. The number of hydrogen-bond acceptors (Lipinski definition) is 5. The van der Waals surface area contributed by atoms with Crippen molar-refractivity contribution in [3.05, 3.63) is 186 Å². The Morgan fingerprint density at radius 1 is 0.587 bits per heavy atom. The lowest BCUT2D eigenvalue weighted by molar-refractivity contribution is -0.297. The number of rotatable bonds is 6. The summed E-state index contributed by atoms with van der Waals surface area (Å²) in [7, 11) is 0. The Morgan fingerprint density at radius 2 is 1.11 bits per heavy atom. The van der Waals surface area contributed by atoms with Crippen LogP contribution in [0.25, 0.3) is 5.57 Å². The van der Waals surface area contributed by atoms with Gasteiger partial charge in [-0.2, -0.15) is 4.58 Å². The molecule has 6 nitrogen and oxygen atoms in total. The molecule has 0 atom stereocenters. The van der Waals surface area contributed by atoms with Gasteiger partial charge in [0.05, 0.1) is 6.08 Å². The van der Waals surface area contributed by atoms with Crippen molar-refractivity contribution in [3.8, 4) is 5.75 Å². The third kappa shape index (κ3) is 5.08. The van der Waals surface area contributed by atoms with Crippen LogP contribution in [-0.2, 0) is 4.79 Å². The van der Waals surface area contributed by atoms with E-state index in [1.54, 1.807) is 36.4 Å². The van der Waals surface area contributed by atoms with Crippen molar-refractivity contribution in [1.82, 2.24) is 4.58 Å². The number of para-hydroxylation sites is 4. The van der Waals surface area contributed by atoms with Gasteiger partial charge in [0.1, 0.15) is 11.5 Å². The SMILES string of the molecule is O=C1C(c2ccc(N(c3ccccc3)c3ccccc3)cc2O)=C([O-])/C1=C1\C=CC(=[N+](c2ccccc2)c2ccccc2)C=C1O. The number of allylic oxidation sites excluding steroid dienone is 5. The van der Waals surface area contributed by atoms with Crippen LogP contribution in [-0.4, -0.2) is 21.7 Å². The summed E-state index contributed by atoms with van der Waals surface area (Å²) in [5.74, 6) is -1.43. The average molecular weight is 601 g/mol. The maximum absolute atomic E-state index is 13.5. The van der Waals surface area contributed by atoms with Crippen molar-refractivity contribution in [1.29, 1.82) is 0 Å². The van der Waals surface area contributed by atoms with Crippen LogP contribution in [0.3, 0.4) is 0 Å². The summed E-state index contributed by atoms with van der Waals surface area (Å²) in [4.78, 5) is 15.4. The van der Waals surface area contributed by atoms with Gasteiger partial charge in [-0.25, -0.2) is 0 Å². The number of Topliss-reactive ketones (excluding diaryl/α,β-unsaturated/α-hetero) is 1. The lowest BCUT2D eigenvalue weighted by Gasteiger charge is -2.33. The van der Waals surface area contributed by atoms with Gasteiger partial charge in [0.2, 0.25) is 17.1 Å². The zero-order valence-corrected chi connectivity index (χ0v) is 24.6. The van der Waals surface area contributed by atoms with Crippen LogP contribution >= 0.6 is 0 Å². The van der Waals surface area contributed by atoms with Crippen LogP contribution in [0.1, 0.15) is 5.56 Å². The number of hydrogen-bond donors (Lipinski definition) is 2. The van der Waals surface area contributed by atoms with E-state index in [1.807, 2.05) is 131 Å². The van der Waals surface area contributed by atoms with Gasteiger partial charge in [-0.15, -0.1) is 0 Å². The van der Waals surface area contributed by atoms with E-state index in [4.69, 9.17) is 0 Å². The Morgan fingerprint density at radius 3 is 1.59 bits per heavy atom. The van der Waals surface area contributed by atoms with Crippen LogP contribution in [0.4, 0.5) is 28.4 Å². The Hall–Kier alpha value is -6.40. The van der Waals surface area contributed by atoms with E-state index >= 15 is 0 Å². The summed E-state index contributed by atoms with van der Waals surface area (Å²) in [5, 5.41) is 35.7. The molecule has 222 valence electrons. The molecule has 7 rings (SSSR count). The number of aliphatic hydroxyl groups is 1. The molecule has 2 aliphatic carbocycles. The zero-order chi connectivity index (χ0) is 31.6. The number of aliphatic hydroxyl groups excluding tert-OH is 1. The maximum atomic E-state index is 13.5. The number of benzene rings is 5. The lowest BCUT2D eigenvalue weighted by atomic mass is 9.79. The van der Waals surface area contributed by atoms with Gasteiger partial charge < -0.3 is 20.2 Å². The zero-order valence-electron chi connectivity index (χ0n) is 24.6. The van der Waals surface area contributed by atoms with E-state index in [0.29, 0.717) is 11.4 Å². The molecular weight excluding hydrogens is 572 g/mol. The van der Waals surface area contributed by atoms with Crippen molar-refractivity contribution in [2.24, 2.45) is 0 Å². The Balaban J connectivity index is 1.25. The molecule has 0 saturated heterocycles. The van der Waals surface area contributed by atoms with E-state index in [9.17, 15) is 20.1 Å². The highest BCUT2D eigenvalue weighted by Gasteiger charge is 2.34. The van der Waals surface area contributed by atoms with Gasteiger partial charge >= 0.3 is 0 Å². The molecule has 2 aliphatic rings. The Bertz CT molecular complexity index is 2030. The predicted molar refractivity (Wildman–Crippen MR) is 181 cm³/mol. The molecule has 0 radical (unpaired) electrons. The first-order valence-corrected chi connectivity index (χ1v) is 14.8. The smallest absolute Gasteiger partial charge is 0.215 e. The molecule has 0 bridgehead atoms. The lowest BCUT2D eigenvalue weighted by Crippen LogP contribution is -2.31. The van der Waals surface area contributed by atoms with Crippen LogP contribution in [0, 0.1) is 0 Å². The van der Waals surface area contributed by atoms with Crippen molar-refractivity contribution in [2.75, 3.05) is 4.90 Å². The summed E-state index contributed by atoms with van der Waals surface area (Å²) < 4.78 is 1.98. The van der Waals surface area contributed by atoms with Gasteiger partial charge in [0.15, 0.2) is 5.78 Å². The number of anilines is 3. The minimum absolute atomic E-state index is 0.108. The molecule has 2 N–H and O–H groups in total. The van der Waals surface area contributed by atoms with Gasteiger partial charge in [-0.3, -0.25) is 4.79 Å². The van der Waals surface area contributed by atoms with E-state index in [1.165, 1.54) is 0 Å². The first kappa shape index (κ1) is 28.4. The number of carbonyl (C=O) groups is 1. The molecule has 0 spiro atoms. The van der Waals surface area contributed by atoms with Gasteiger partial charge in [0, 0.05) is 75.8 Å². The fraction of sp³-hybridized carbons (Fsp3) is 0. The third-order valence-electron chi connectivity index (χ3n) is 7.98. The fourth-order valence-corrected chi connectivity index (χ4v) is 5.83. The van der Waals surface area contributed by atoms with Crippen molar-refractivity contribution in [3.63, 3.8) is 0 Å². The molecule has 0 heterocycles. The molecule has 0 saturated carbocycles. The highest BCUT2D eigenvalue weighted by Crippen LogP contribution is 2.44. The number of phenols is 1. The number of ketones is 1. The van der Waals surface area contributed by atoms with E-state index < -0.39 is 11.5 Å². The number of phenolic OH excluding ortho intramolecular Hbond substituents is 1. The fourth-order valence-electron chi connectivity index (χ4n) is 5.83. The minimum Gasteiger partial charge on any atom is -0.871 e. The average Bonchev–Trinajstić information content (AvgIpc) is 3.09. The molecule has 0 unspecified atom stereocenters. The summed E-state index contributed by atoms with van der Waals surface area (Å²) in [5.41, 5.74) is 4.96. The van der Waals surface area contributed by atoms with Gasteiger partial charge in [0.25, 0.3) is 0 Å². The first-order chi connectivity index (χ1) is 22.5. The molecule has 0 fully saturated rings. The Labute approximate surface area is 266 Å². The van der Waals surface area contributed by atoms with E-state index in [-0.39, 0.29) is 33.8 Å². The number of nitrogens with zero attached hydrogens (tertiary/aromatic N) is 2. The largest absolute Gasteiger partial charge is 0.871 e. The van der Waals surface area contributed by atoms with E-state index in [0.717, 1.165) is 22.7 Å². The number of carbonyl (C=O) groups excluding carboxylic acids is 1. The molecule has 5 aromatic rings. The highest BCUT2D eigenvalue weighted by atomic mass is 16.3. The molecular formula is C40H28N2O4. The van der Waals surface area contributed by atoms with Crippen LogP contribution in [0.5, 0.6) is 5.75 Å². The minimum atomic E-state index is -0.526.